The van der Waals surface area contributed by atoms with E-state index in [4.69, 9.17) is 5.73 Å². The van der Waals surface area contributed by atoms with Gasteiger partial charge in [0.1, 0.15) is 0 Å². The molecule has 0 aromatic heterocycles. The molecule has 18 heavy (non-hydrogen) atoms. The molecule has 0 saturated heterocycles. The molecule has 0 unspecified atom stereocenters. The lowest BCUT2D eigenvalue weighted by Gasteiger charge is -2.42. The molecule has 3 nitrogen and oxygen atoms in total. The van der Waals surface area contributed by atoms with Crippen molar-refractivity contribution in [3.05, 3.63) is 0 Å². The monoisotopic (exact) mass is 367 g/mol. The lowest BCUT2D eigenvalue weighted by atomic mass is 9.64. The predicted molar refractivity (Wildman–Crippen MR) is 90.6 cm³/mol. The van der Waals surface area contributed by atoms with Gasteiger partial charge in [-0.2, -0.15) is 0 Å². The number of nitrogens with zero attached hydrogens (tertiary/aromatic N) is 1. The number of unbranched alkanes of at least 4 members (excludes halogenated alkanes) is 1. The van der Waals surface area contributed by atoms with Crippen molar-refractivity contribution in [2.24, 2.45) is 22.1 Å². The lowest BCUT2D eigenvalue weighted by Crippen LogP contribution is -2.37. The number of nitrogens with one attached hydrogen (secondary N) is 1. The zero-order chi connectivity index (χ0) is 12.7. The van der Waals surface area contributed by atoms with Gasteiger partial charge < -0.3 is 11.1 Å². The van der Waals surface area contributed by atoms with Gasteiger partial charge in [0.05, 0.1) is 0 Å². The standard InChI is InChI=1S/C14H29N3.HI/c1-4-5-9-16-13(15)17-11-14(7-6-8-14)10-12(2)3;/h12H,4-11H2,1-3H3,(H3,15,16,17);1H. The summed E-state index contributed by atoms with van der Waals surface area (Å²) in [6.07, 6.45) is 7.67. The molecule has 4 heteroatoms. The third kappa shape index (κ3) is 6.25. The highest BCUT2D eigenvalue weighted by Gasteiger charge is 2.37. The number of aliphatic imine (C=N–C) groups is 1. The Kier molecular flexibility index (Phi) is 8.99. The fourth-order valence-corrected chi connectivity index (χ4v) is 2.67. The average Bonchev–Trinajstić information content (AvgIpc) is 2.22. The Labute approximate surface area is 129 Å². The first-order valence-corrected chi connectivity index (χ1v) is 7.12. The summed E-state index contributed by atoms with van der Waals surface area (Å²) >= 11 is 0. The molecular formula is C14H30IN3. The molecule has 1 aliphatic rings. The van der Waals surface area contributed by atoms with Crippen LogP contribution in [0.15, 0.2) is 4.99 Å². The van der Waals surface area contributed by atoms with Gasteiger partial charge >= 0.3 is 0 Å². The van der Waals surface area contributed by atoms with E-state index in [9.17, 15) is 0 Å². The van der Waals surface area contributed by atoms with Crippen molar-refractivity contribution < 1.29 is 0 Å². The second-order valence-electron chi connectivity index (χ2n) is 5.93. The molecular weight excluding hydrogens is 337 g/mol. The van der Waals surface area contributed by atoms with Crippen LogP contribution in [0.1, 0.15) is 59.3 Å². The van der Waals surface area contributed by atoms with Crippen LogP contribution in [-0.4, -0.2) is 19.0 Å². The first-order valence-electron chi connectivity index (χ1n) is 7.12. The first-order chi connectivity index (χ1) is 8.08. The Morgan fingerprint density at radius 3 is 2.50 bits per heavy atom. The molecule has 1 saturated carbocycles. The second kappa shape index (κ2) is 8.99. The SMILES string of the molecule is CCCCNC(N)=NCC1(CC(C)C)CCC1.I. The third-order valence-electron chi connectivity index (χ3n) is 3.68. The Balaban J connectivity index is 0.00000289. The molecule has 0 atom stereocenters. The van der Waals surface area contributed by atoms with Crippen LogP contribution in [0.25, 0.3) is 0 Å². The van der Waals surface area contributed by atoms with Gasteiger partial charge in [-0.25, -0.2) is 0 Å². The summed E-state index contributed by atoms with van der Waals surface area (Å²) in [5.74, 6) is 1.40. The van der Waals surface area contributed by atoms with Gasteiger partial charge in [-0.15, -0.1) is 24.0 Å². The smallest absolute Gasteiger partial charge is 0.188 e. The summed E-state index contributed by atoms with van der Waals surface area (Å²) in [6, 6.07) is 0. The molecule has 0 aromatic rings. The molecule has 0 bridgehead atoms. The summed E-state index contributed by atoms with van der Waals surface area (Å²) in [4.78, 5) is 4.53. The normalized spacial score (nSPS) is 18.1. The molecule has 3 N–H and O–H groups in total. The van der Waals surface area contributed by atoms with E-state index in [2.05, 4.69) is 31.1 Å². The van der Waals surface area contributed by atoms with Crippen molar-refractivity contribution in [2.45, 2.75) is 59.3 Å². The fraction of sp³-hybridized carbons (Fsp3) is 0.929. The predicted octanol–water partition coefficient (Wildman–Crippen LogP) is 3.53. The van der Waals surface area contributed by atoms with Crippen LogP contribution in [-0.2, 0) is 0 Å². The van der Waals surface area contributed by atoms with Crippen molar-refractivity contribution >= 4 is 29.9 Å². The van der Waals surface area contributed by atoms with Gasteiger partial charge in [-0.05, 0) is 37.0 Å². The van der Waals surface area contributed by atoms with Gasteiger partial charge in [-0.3, -0.25) is 4.99 Å². The summed E-state index contributed by atoms with van der Waals surface area (Å²) in [7, 11) is 0. The Morgan fingerprint density at radius 1 is 1.39 bits per heavy atom. The second-order valence-corrected chi connectivity index (χ2v) is 5.93. The summed E-state index contributed by atoms with van der Waals surface area (Å²) in [5, 5.41) is 3.19. The molecule has 0 heterocycles. The van der Waals surface area contributed by atoms with E-state index < -0.39 is 0 Å². The van der Waals surface area contributed by atoms with E-state index in [1.165, 1.54) is 32.1 Å². The molecule has 1 aliphatic carbocycles. The quantitative estimate of drug-likeness (QED) is 0.313. The van der Waals surface area contributed by atoms with Gasteiger partial charge in [-0.1, -0.05) is 33.6 Å². The largest absolute Gasteiger partial charge is 0.370 e. The minimum atomic E-state index is 0. The lowest BCUT2D eigenvalue weighted by molar-refractivity contribution is 0.111. The third-order valence-corrected chi connectivity index (χ3v) is 3.68. The van der Waals surface area contributed by atoms with Crippen LogP contribution >= 0.6 is 24.0 Å². The zero-order valence-electron chi connectivity index (χ0n) is 12.2. The number of nitrogens with two attached hydrogens (primary N) is 1. The highest BCUT2D eigenvalue weighted by Crippen LogP contribution is 2.46. The van der Waals surface area contributed by atoms with E-state index in [0.29, 0.717) is 11.4 Å². The van der Waals surface area contributed by atoms with Crippen LogP contribution in [0.5, 0.6) is 0 Å². The number of halogens is 1. The number of hydrogen-bond donors (Lipinski definition) is 2. The van der Waals surface area contributed by atoms with Gasteiger partial charge in [0.25, 0.3) is 0 Å². The summed E-state index contributed by atoms with van der Waals surface area (Å²) in [6.45, 7) is 8.64. The topological polar surface area (TPSA) is 50.4 Å². The molecule has 1 rings (SSSR count). The fourth-order valence-electron chi connectivity index (χ4n) is 2.67. The molecule has 0 aliphatic heterocycles. The highest BCUT2D eigenvalue weighted by molar-refractivity contribution is 14.0. The molecule has 0 aromatic carbocycles. The van der Waals surface area contributed by atoms with Crippen molar-refractivity contribution in [1.29, 1.82) is 0 Å². The van der Waals surface area contributed by atoms with Gasteiger partial charge in [0.15, 0.2) is 5.96 Å². The number of rotatable bonds is 7. The minimum Gasteiger partial charge on any atom is -0.370 e. The molecule has 0 amide bonds. The van der Waals surface area contributed by atoms with Crippen LogP contribution in [0.2, 0.25) is 0 Å². The van der Waals surface area contributed by atoms with Crippen molar-refractivity contribution in [3.8, 4) is 0 Å². The van der Waals surface area contributed by atoms with Gasteiger partial charge in [0.2, 0.25) is 0 Å². The number of hydrogen-bond acceptors (Lipinski definition) is 1. The molecule has 108 valence electrons. The van der Waals surface area contributed by atoms with Crippen LogP contribution < -0.4 is 11.1 Å². The summed E-state index contributed by atoms with van der Waals surface area (Å²) < 4.78 is 0. The Hall–Kier alpha value is 0. The van der Waals surface area contributed by atoms with Crippen molar-refractivity contribution in [3.63, 3.8) is 0 Å². The van der Waals surface area contributed by atoms with E-state index in [-0.39, 0.29) is 24.0 Å². The zero-order valence-corrected chi connectivity index (χ0v) is 14.5. The van der Waals surface area contributed by atoms with Crippen molar-refractivity contribution in [2.75, 3.05) is 13.1 Å². The van der Waals surface area contributed by atoms with Crippen LogP contribution in [0.3, 0.4) is 0 Å². The molecule has 0 spiro atoms. The Morgan fingerprint density at radius 2 is 2.06 bits per heavy atom. The van der Waals surface area contributed by atoms with Crippen molar-refractivity contribution in [1.82, 2.24) is 5.32 Å². The number of guanidine groups is 1. The molecule has 0 radical (unpaired) electrons. The molecule has 1 fully saturated rings. The Bertz CT molecular complexity index is 247. The van der Waals surface area contributed by atoms with E-state index in [1.807, 2.05) is 0 Å². The maximum atomic E-state index is 5.87. The summed E-state index contributed by atoms with van der Waals surface area (Å²) in [5.41, 5.74) is 6.33. The van der Waals surface area contributed by atoms with E-state index in [1.54, 1.807) is 0 Å². The average molecular weight is 367 g/mol. The van der Waals surface area contributed by atoms with E-state index >= 15 is 0 Å². The highest BCUT2D eigenvalue weighted by atomic mass is 127. The maximum absolute atomic E-state index is 5.87. The van der Waals surface area contributed by atoms with Gasteiger partial charge in [0, 0.05) is 13.1 Å². The first kappa shape index (κ1) is 18.0. The minimum absolute atomic E-state index is 0. The van der Waals surface area contributed by atoms with E-state index in [0.717, 1.165) is 25.4 Å². The van der Waals surface area contributed by atoms with Crippen LogP contribution in [0, 0.1) is 11.3 Å². The van der Waals surface area contributed by atoms with Crippen LogP contribution in [0.4, 0.5) is 0 Å². The maximum Gasteiger partial charge on any atom is 0.188 e.